The van der Waals surface area contributed by atoms with Gasteiger partial charge in [-0.15, -0.1) is 0 Å². The van der Waals surface area contributed by atoms with Crippen LogP contribution in [0.1, 0.15) is 33.9 Å². The van der Waals surface area contributed by atoms with Crippen molar-refractivity contribution >= 4 is 5.91 Å². The number of hydrogen-bond donors (Lipinski definition) is 1. The Hall–Kier alpha value is -2.78. The van der Waals surface area contributed by atoms with E-state index in [9.17, 15) is 18.7 Å². The predicted molar refractivity (Wildman–Crippen MR) is 81.9 cm³/mol. The van der Waals surface area contributed by atoms with Crippen LogP contribution in [-0.2, 0) is 0 Å². The molecular weight excluding hydrogens is 314 g/mol. The Morgan fingerprint density at radius 3 is 2.79 bits per heavy atom. The van der Waals surface area contributed by atoms with Crippen LogP contribution in [0.15, 0.2) is 42.5 Å². The first-order valence-electron chi connectivity index (χ1n) is 7.43. The van der Waals surface area contributed by atoms with E-state index in [0.717, 1.165) is 18.2 Å². The third-order valence-electron chi connectivity index (χ3n) is 4.10. The first-order valence-corrected chi connectivity index (χ1v) is 7.43. The van der Waals surface area contributed by atoms with E-state index in [1.807, 2.05) is 6.07 Å². The summed E-state index contributed by atoms with van der Waals surface area (Å²) in [7, 11) is 0. The lowest BCUT2D eigenvalue weighted by Crippen LogP contribution is -2.32. The average Bonchev–Trinajstić information content (AvgIpc) is 2.98. The Labute approximate surface area is 137 Å². The number of hydrogen-bond acceptors (Lipinski definition) is 3. The smallest absolute Gasteiger partial charge is 0.254 e. The van der Waals surface area contributed by atoms with E-state index in [2.05, 4.69) is 0 Å². The molecule has 122 valence electrons. The minimum Gasteiger partial charge on any atom is -0.391 e. The van der Waals surface area contributed by atoms with Gasteiger partial charge in [-0.05, 0) is 42.8 Å². The summed E-state index contributed by atoms with van der Waals surface area (Å²) in [5.74, 6) is -1.66. The Morgan fingerprint density at radius 1 is 1.25 bits per heavy atom. The molecule has 1 heterocycles. The molecule has 2 aromatic rings. The van der Waals surface area contributed by atoms with Crippen LogP contribution < -0.4 is 0 Å². The van der Waals surface area contributed by atoms with Crippen LogP contribution in [0.5, 0.6) is 0 Å². The molecule has 0 saturated carbocycles. The monoisotopic (exact) mass is 328 g/mol. The van der Waals surface area contributed by atoms with Crippen molar-refractivity contribution in [3.63, 3.8) is 0 Å². The van der Waals surface area contributed by atoms with Gasteiger partial charge in [0.2, 0.25) is 0 Å². The van der Waals surface area contributed by atoms with E-state index in [1.54, 1.807) is 18.2 Å². The van der Waals surface area contributed by atoms with Gasteiger partial charge in [0.1, 0.15) is 11.6 Å². The molecule has 0 bridgehead atoms. The SMILES string of the molecule is N#Cc1cccc(C(=O)N2C[C@@H](O)C[C@@H]2c2cc(F)ccc2F)c1. The number of aliphatic hydroxyl groups excluding tert-OH is 1. The van der Waals surface area contributed by atoms with Crippen molar-refractivity contribution in [2.75, 3.05) is 6.54 Å². The van der Waals surface area contributed by atoms with Gasteiger partial charge in [0.05, 0.1) is 23.8 Å². The van der Waals surface area contributed by atoms with Crippen molar-refractivity contribution in [2.24, 2.45) is 0 Å². The van der Waals surface area contributed by atoms with Crippen molar-refractivity contribution in [3.8, 4) is 6.07 Å². The maximum Gasteiger partial charge on any atom is 0.254 e. The largest absolute Gasteiger partial charge is 0.391 e. The van der Waals surface area contributed by atoms with Crippen molar-refractivity contribution in [3.05, 3.63) is 70.8 Å². The molecule has 2 aromatic carbocycles. The van der Waals surface area contributed by atoms with E-state index in [1.165, 1.54) is 11.0 Å². The highest BCUT2D eigenvalue weighted by Crippen LogP contribution is 2.35. The van der Waals surface area contributed by atoms with Crippen LogP contribution in [0.3, 0.4) is 0 Å². The minimum absolute atomic E-state index is 0.0240. The van der Waals surface area contributed by atoms with E-state index in [-0.39, 0.29) is 24.1 Å². The molecule has 1 saturated heterocycles. The maximum atomic E-state index is 14.1. The van der Waals surface area contributed by atoms with Gasteiger partial charge in [0, 0.05) is 17.7 Å². The van der Waals surface area contributed by atoms with Gasteiger partial charge in [-0.1, -0.05) is 6.07 Å². The van der Waals surface area contributed by atoms with Crippen LogP contribution in [0.25, 0.3) is 0 Å². The highest BCUT2D eigenvalue weighted by Gasteiger charge is 2.37. The van der Waals surface area contributed by atoms with Gasteiger partial charge in [0.25, 0.3) is 5.91 Å². The van der Waals surface area contributed by atoms with Crippen LogP contribution in [0.4, 0.5) is 8.78 Å². The normalized spacial score (nSPS) is 20.0. The number of likely N-dealkylation sites (tertiary alicyclic amines) is 1. The topological polar surface area (TPSA) is 64.3 Å². The van der Waals surface area contributed by atoms with Gasteiger partial charge in [-0.25, -0.2) is 8.78 Å². The van der Waals surface area contributed by atoms with Crippen molar-refractivity contribution in [1.82, 2.24) is 4.90 Å². The molecule has 0 spiro atoms. The lowest BCUT2D eigenvalue weighted by Gasteiger charge is -2.25. The summed E-state index contributed by atoms with van der Waals surface area (Å²) >= 11 is 0. The van der Waals surface area contributed by atoms with Crippen LogP contribution >= 0.6 is 0 Å². The summed E-state index contributed by atoms with van der Waals surface area (Å²) in [6.45, 7) is 0.0240. The zero-order valence-corrected chi connectivity index (χ0v) is 12.6. The van der Waals surface area contributed by atoms with Gasteiger partial charge in [-0.3, -0.25) is 4.79 Å². The Kier molecular flexibility index (Phi) is 4.28. The minimum atomic E-state index is -0.819. The number of nitriles is 1. The van der Waals surface area contributed by atoms with Crippen LogP contribution in [-0.4, -0.2) is 28.6 Å². The molecule has 0 aromatic heterocycles. The number of nitrogens with zero attached hydrogens (tertiary/aromatic N) is 2. The molecule has 1 N–H and O–H groups in total. The summed E-state index contributed by atoms with van der Waals surface area (Å²) in [5.41, 5.74) is 0.635. The molecule has 3 rings (SSSR count). The zero-order valence-electron chi connectivity index (χ0n) is 12.6. The predicted octanol–water partition coefficient (Wildman–Crippen LogP) is 2.78. The molecule has 2 atom stereocenters. The van der Waals surface area contributed by atoms with E-state index < -0.39 is 29.7 Å². The fourth-order valence-electron chi connectivity index (χ4n) is 2.99. The zero-order chi connectivity index (χ0) is 17.3. The third-order valence-corrected chi connectivity index (χ3v) is 4.10. The Balaban J connectivity index is 1.97. The maximum absolute atomic E-state index is 14.1. The molecule has 1 aliphatic rings. The van der Waals surface area contributed by atoms with Crippen molar-refractivity contribution in [1.29, 1.82) is 5.26 Å². The standard InChI is InChI=1S/C18H14F2N2O2/c19-13-4-5-16(20)15(7-13)17-8-14(23)10-22(17)18(24)12-3-1-2-11(6-12)9-21/h1-7,14,17,23H,8,10H2/t14-,17+/m0/s1. The van der Waals surface area contributed by atoms with Crippen LogP contribution in [0.2, 0.25) is 0 Å². The van der Waals surface area contributed by atoms with E-state index in [0.29, 0.717) is 5.56 Å². The van der Waals surface area contributed by atoms with Gasteiger partial charge < -0.3 is 10.0 Å². The second kappa shape index (κ2) is 6.38. The fraction of sp³-hybridized carbons (Fsp3) is 0.222. The molecular formula is C18H14F2N2O2. The van der Waals surface area contributed by atoms with Crippen molar-refractivity contribution < 1.29 is 18.7 Å². The summed E-state index contributed by atoms with van der Waals surface area (Å²) in [5, 5.41) is 18.9. The molecule has 0 unspecified atom stereocenters. The number of aliphatic hydroxyl groups is 1. The number of amides is 1. The quantitative estimate of drug-likeness (QED) is 0.922. The third kappa shape index (κ3) is 2.99. The fourth-order valence-corrected chi connectivity index (χ4v) is 2.99. The van der Waals surface area contributed by atoms with E-state index in [4.69, 9.17) is 5.26 Å². The van der Waals surface area contributed by atoms with E-state index >= 15 is 0 Å². The highest BCUT2D eigenvalue weighted by atomic mass is 19.1. The number of carbonyl (C=O) groups is 1. The summed E-state index contributed by atoms with van der Waals surface area (Å²) in [6.07, 6.45) is -0.690. The summed E-state index contributed by atoms with van der Waals surface area (Å²) in [6, 6.07) is 10.4. The number of carbonyl (C=O) groups excluding carboxylic acids is 1. The number of benzene rings is 2. The lowest BCUT2D eigenvalue weighted by molar-refractivity contribution is 0.0713. The van der Waals surface area contributed by atoms with Crippen LogP contribution in [0, 0.1) is 23.0 Å². The lowest BCUT2D eigenvalue weighted by atomic mass is 10.0. The molecule has 1 amide bonds. The molecule has 1 fully saturated rings. The van der Waals surface area contributed by atoms with Crippen molar-refractivity contribution in [2.45, 2.75) is 18.6 Å². The number of β-amino-alcohol motifs (C(OH)–C–C–N with tert-alkyl or cyclic N) is 1. The molecule has 4 nitrogen and oxygen atoms in total. The molecule has 24 heavy (non-hydrogen) atoms. The molecule has 0 aliphatic carbocycles. The Morgan fingerprint density at radius 2 is 2.04 bits per heavy atom. The molecule has 1 aliphatic heterocycles. The summed E-state index contributed by atoms with van der Waals surface area (Å²) < 4.78 is 27.6. The number of halogens is 2. The second-order valence-corrected chi connectivity index (χ2v) is 5.72. The van der Waals surface area contributed by atoms with Gasteiger partial charge >= 0.3 is 0 Å². The Bertz CT molecular complexity index is 832. The van der Waals surface area contributed by atoms with Gasteiger partial charge in [-0.2, -0.15) is 5.26 Å². The highest BCUT2D eigenvalue weighted by molar-refractivity contribution is 5.95. The number of rotatable bonds is 2. The molecule has 0 radical (unpaired) electrons. The second-order valence-electron chi connectivity index (χ2n) is 5.72. The van der Waals surface area contributed by atoms with Gasteiger partial charge in [0.15, 0.2) is 0 Å². The average molecular weight is 328 g/mol. The first-order chi connectivity index (χ1) is 11.5. The molecule has 6 heteroatoms. The summed E-state index contributed by atoms with van der Waals surface area (Å²) in [4.78, 5) is 14.0. The first kappa shape index (κ1) is 16.1.